The Morgan fingerprint density at radius 3 is 2.63 bits per heavy atom. The van der Waals surface area contributed by atoms with E-state index in [1.807, 2.05) is 50.8 Å². The fourth-order valence-electron chi connectivity index (χ4n) is 2.21. The van der Waals surface area contributed by atoms with Gasteiger partial charge in [0.15, 0.2) is 0 Å². The molecular weight excluding hydrogens is 260 g/mol. The van der Waals surface area contributed by atoms with Gasteiger partial charge in [0.25, 0.3) is 0 Å². The Labute approximate surface area is 118 Å². The summed E-state index contributed by atoms with van der Waals surface area (Å²) in [5, 5.41) is 8.39. The number of likely N-dealkylation sites (N-methyl/N-ethyl adjacent to an activating group) is 1. The first-order valence-electron chi connectivity index (χ1n) is 6.31. The molecule has 2 rings (SSSR count). The van der Waals surface area contributed by atoms with Gasteiger partial charge in [-0.3, -0.25) is 9.67 Å². The third-order valence-corrected chi connectivity index (χ3v) is 3.77. The van der Waals surface area contributed by atoms with Crippen molar-refractivity contribution in [1.82, 2.24) is 20.1 Å². The summed E-state index contributed by atoms with van der Waals surface area (Å²) in [4.78, 5) is 4.57. The molecule has 2 aromatic heterocycles. The summed E-state index contributed by atoms with van der Waals surface area (Å²) in [6.07, 6.45) is 0.767. The summed E-state index contributed by atoms with van der Waals surface area (Å²) in [5.41, 5.74) is 3.94. The molecule has 5 heteroatoms. The molecule has 0 aliphatic rings. The second-order valence-corrected chi connectivity index (χ2v) is 5.10. The zero-order chi connectivity index (χ0) is 14.0. The van der Waals surface area contributed by atoms with E-state index in [1.54, 1.807) is 0 Å². The molecule has 0 radical (unpaired) electrons. The van der Waals surface area contributed by atoms with E-state index in [1.165, 1.54) is 0 Å². The molecular formula is C14H19ClN4. The van der Waals surface area contributed by atoms with Gasteiger partial charge in [-0.2, -0.15) is 5.10 Å². The minimum atomic E-state index is 0.132. The van der Waals surface area contributed by atoms with E-state index in [-0.39, 0.29) is 6.04 Å². The monoisotopic (exact) mass is 278 g/mol. The van der Waals surface area contributed by atoms with Crippen molar-refractivity contribution in [3.63, 3.8) is 0 Å². The number of halogens is 1. The number of aromatic nitrogens is 3. The highest BCUT2D eigenvalue weighted by atomic mass is 35.5. The number of aryl methyl sites for hydroxylation is 3. The van der Waals surface area contributed by atoms with Gasteiger partial charge in [-0.1, -0.05) is 17.7 Å². The fraction of sp³-hybridized carbons (Fsp3) is 0.429. The largest absolute Gasteiger partial charge is 0.311 e. The van der Waals surface area contributed by atoms with E-state index in [0.29, 0.717) is 0 Å². The van der Waals surface area contributed by atoms with Crippen LogP contribution in [0.3, 0.4) is 0 Å². The van der Waals surface area contributed by atoms with Crippen molar-refractivity contribution < 1.29 is 0 Å². The molecule has 0 aliphatic carbocycles. The maximum atomic E-state index is 6.30. The Kier molecular flexibility index (Phi) is 4.22. The summed E-state index contributed by atoms with van der Waals surface area (Å²) in [7, 11) is 3.86. The van der Waals surface area contributed by atoms with Crippen LogP contribution < -0.4 is 5.32 Å². The van der Waals surface area contributed by atoms with Crippen LogP contribution in [0.2, 0.25) is 5.02 Å². The Balaban J connectivity index is 2.29. The summed E-state index contributed by atoms with van der Waals surface area (Å²) in [6, 6.07) is 6.19. The quantitative estimate of drug-likeness (QED) is 0.935. The van der Waals surface area contributed by atoms with Crippen molar-refractivity contribution in [3.05, 3.63) is 46.0 Å². The Hall–Kier alpha value is -1.39. The van der Waals surface area contributed by atoms with Crippen LogP contribution in [-0.2, 0) is 13.5 Å². The second-order valence-electron chi connectivity index (χ2n) is 4.72. The van der Waals surface area contributed by atoms with E-state index >= 15 is 0 Å². The lowest BCUT2D eigenvalue weighted by molar-refractivity contribution is 0.548. The Morgan fingerprint density at radius 2 is 2.11 bits per heavy atom. The lowest BCUT2D eigenvalue weighted by atomic mass is 10.1. The van der Waals surface area contributed by atoms with Gasteiger partial charge in [0.2, 0.25) is 0 Å². The second kappa shape index (κ2) is 5.72. The highest BCUT2D eigenvalue weighted by Gasteiger charge is 2.18. The highest BCUT2D eigenvalue weighted by Crippen LogP contribution is 2.24. The van der Waals surface area contributed by atoms with Crippen molar-refractivity contribution in [2.45, 2.75) is 26.3 Å². The van der Waals surface area contributed by atoms with Crippen molar-refractivity contribution in [1.29, 1.82) is 0 Å². The minimum absolute atomic E-state index is 0.132. The van der Waals surface area contributed by atoms with Crippen LogP contribution in [0.4, 0.5) is 0 Å². The smallest absolute Gasteiger partial charge is 0.0847 e. The van der Waals surface area contributed by atoms with E-state index in [2.05, 4.69) is 15.4 Å². The molecule has 1 N–H and O–H groups in total. The lowest BCUT2D eigenvalue weighted by Gasteiger charge is -2.16. The molecule has 0 amide bonds. The molecule has 0 saturated carbocycles. The van der Waals surface area contributed by atoms with Crippen LogP contribution in [0.25, 0.3) is 0 Å². The molecule has 0 saturated heterocycles. The van der Waals surface area contributed by atoms with Crippen molar-refractivity contribution in [2.24, 2.45) is 7.05 Å². The average molecular weight is 279 g/mol. The average Bonchev–Trinajstić information content (AvgIpc) is 2.61. The molecule has 102 valence electrons. The summed E-state index contributed by atoms with van der Waals surface area (Å²) in [5.74, 6) is 0. The Bertz CT molecular complexity index is 577. The lowest BCUT2D eigenvalue weighted by Crippen LogP contribution is -2.21. The molecule has 2 aromatic rings. The number of hydrogen-bond acceptors (Lipinski definition) is 3. The predicted octanol–water partition coefficient (Wildman–Crippen LogP) is 2.59. The topological polar surface area (TPSA) is 42.7 Å². The molecule has 1 atom stereocenters. The first kappa shape index (κ1) is 14.0. The SMILES string of the molecule is CNC(Cc1c(Cl)c(C)nn1C)c1cccc(C)n1. The standard InChI is InChI=1S/C14H19ClN4/c1-9-6-5-7-11(17-9)12(16-3)8-13-14(15)10(2)18-19(13)4/h5-7,12,16H,8H2,1-4H3. The molecule has 2 heterocycles. The van der Waals surface area contributed by atoms with Gasteiger partial charge in [0.05, 0.1) is 28.1 Å². The molecule has 0 aromatic carbocycles. The fourth-order valence-corrected chi connectivity index (χ4v) is 2.45. The number of rotatable bonds is 4. The van der Waals surface area contributed by atoms with Crippen LogP contribution in [-0.4, -0.2) is 21.8 Å². The number of nitrogens with one attached hydrogen (secondary N) is 1. The highest BCUT2D eigenvalue weighted by molar-refractivity contribution is 6.31. The minimum Gasteiger partial charge on any atom is -0.311 e. The summed E-state index contributed by atoms with van der Waals surface area (Å²) >= 11 is 6.30. The summed E-state index contributed by atoms with van der Waals surface area (Å²) < 4.78 is 1.85. The van der Waals surface area contributed by atoms with Gasteiger partial charge in [0.1, 0.15) is 0 Å². The number of pyridine rings is 1. The van der Waals surface area contributed by atoms with Gasteiger partial charge >= 0.3 is 0 Å². The molecule has 0 spiro atoms. The van der Waals surface area contributed by atoms with Gasteiger partial charge in [-0.05, 0) is 33.0 Å². The number of hydrogen-bond donors (Lipinski definition) is 1. The van der Waals surface area contributed by atoms with Gasteiger partial charge < -0.3 is 5.32 Å². The zero-order valence-corrected chi connectivity index (χ0v) is 12.5. The van der Waals surface area contributed by atoms with Crippen LogP contribution >= 0.6 is 11.6 Å². The molecule has 0 aliphatic heterocycles. The van der Waals surface area contributed by atoms with Crippen LogP contribution in [0, 0.1) is 13.8 Å². The van der Waals surface area contributed by atoms with Crippen molar-refractivity contribution in [2.75, 3.05) is 7.05 Å². The molecule has 19 heavy (non-hydrogen) atoms. The normalized spacial score (nSPS) is 12.7. The van der Waals surface area contributed by atoms with Crippen LogP contribution in [0.1, 0.15) is 28.8 Å². The molecule has 1 unspecified atom stereocenters. The van der Waals surface area contributed by atoms with Crippen molar-refractivity contribution >= 4 is 11.6 Å². The van der Waals surface area contributed by atoms with Gasteiger partial charge in [-0.15, -0.1) is 0 Å². The first-order chi connectivity index (χ1) is 9.02. The maximum absolute atomic E-state index is 6.30. The van der Waals surface area contributed by atoms with E-state index < -0.39 is 0 Å². The number of nitrogens with zero attached hydrogens (tertiary/aromatic N) is 3. The third kappa shape index (κ3) is 2.96. The molecule has 0 fully saturated rings. The Morgan fingerprint density at radius 1 is 1.37 bits per heavy atom. The van der Waals surface area contributed by atoms with Gasteiger partial charge in [-0.25, -0.2) is 0 Å². The van der Waals surface area contributed by atoms with E-state index in [4.69, 9.17) is 11.6 Å². The van der Waals surface area contributed by atoms with E-state index in [0.717, 1.165) is 34.2 Å². The van der Waals surface area contributed by atoms with Gasteiger partial charge in [0, 0.05) is 19.2 Å². The molecule has 4 nitrogen and oxygen atoms in total. The van der Waals surface area contributed by atoms with Crippen molar-refractivity contribution in [3.8, 4) is 0 Å². The molecule has 0 bridgehead atoms. The van der Waals surface area contributed by atoms with E-state index in [9.17, 15) is 0 Å². The predicted molar refractivity (Wildman–Crippen MR) is 77.4 cm³/mol. The maximum Gasteiger partial charge on any atom is 0.0847 e. The zero-order valence-electron chi connectivity index (χ0n) is 11.7. The summed E-state index contributed by atoms with van der Waals surface area (Å²) in [6.45, 7) is 3.92. The van der Waals surface area contributed by atoms with Crippen LogP contribution in [0.15, 0.2) is 18.2 Å². The third-order valence-electron chi connectivity index (χ3n) is 3.27. The van der Waals surface area contributed by atoms with Crippen LogP contribution in [0.5, 0.6) is 0 Å². The first-order valence-corrected chi connectivity index (χ1v) is 6.69.